The lowest BCUT2D eigenvalue weighted by Gasteiger charge is -2.39. The predicted octanol–water partition coefficient (Wildman–Crippen LogP) is 4.71. The van der Waals surface area contributed by atoms with Crippen LogP contribution in [0, 0.1) is 0 Å². The molecule has 2 aliphatic rings. The van der Waals surface area contributed by atoms with Crippen molar-refractivity contribution in [2.24, 2.45) is 0 Å². The van der Waals surface area contributed by atoms with Crippen molar-refractivity contribution in [3.8, 4) is 0 Å². The molecule has 2 bridgehead atoms. The summed E-state index contributed by atoms with van der Waals surface area (Å²) < 4.78 is 5.59. The first-order chi connectivity index (χ1) is 10.4. The summed E-state index contributed by atoms with van der Waals surface area (Å²) in [6.07, 6.45) is 4.28. The third-order valence-electron chi connectivity index (χ3n) is 4.34. The minimum Gasteiger partial charge on any atom is -0.444 e. The summed E-state index contributed by atoms with van der Waals surface area (Å²) in [5.41, 5.74) is -0.411. The third-order valence-corrected chi connectivity index (χ3v) is 5.60. The number of carbonyl (C=O) groups excluding carboxylic acids is 1. The highest BCUT2D eigenvalue weighted by atomic mass is 32.2. The maximum absolute atomic E-state index is 12.4. The van der Waals surface area contributed by atoms with E-state index < -0.39 is 5.60 Å². The van der Waals surface area contributed by atoms with E-state index in [4.69, 9.17) is 4.74 Å². The molecular weight excluding hydrogens is 294 g/mol. The van der Waals surface area contributed by atoms with Crippen molar-refractivity contribution in [2.75, 3.05) is 0 Å². The summed E-state index contributed by atoms with van der Waals surface area (Å²) in [6, 6.07) is 11.3. The van der Waals surface area contributed by atoms with Crippen molar-refractivity contribution >= 4 is 17.9 Å². The van der Waals surface area contributed by atoms with Crippen LogP contribution >= 0.6 is 11.8 Å². The number of hydrogen-bond donors (Lipinski definition) is 0. The lowest BCUT2D eigenvalue weighted by molar-refractivity contribution is 0.00842. The van der Waals surface area contributed by atoms with E-state index in [1.807, 2.05) is 37.4 Å². The summed E-state index contributed by atoms with van der Waals surface area (Å²) in [6.45, 7) is 5.81. The molecule has 0 radical (unpaired) electrons. The van der Waals surface area contributed by atoms with E-state index in [1.54, 1.807) is 0 Å². The van der Waals surface area contributed by atoms with Crippen molar-refractivity contribution in [3.63, 3.8) is 0 Å². The molecule has 3 nitrogen and oxygen atoms in total. The molecule has 0 N–H and O–H groups in total. The first-order valence-corrected chi connectivity index (χ1v) is 9.03. The fourth-order valence-electron chi connectivity index (χ4n) is 3.53. The third kappa shape index (κ3) is 3.60. The number of benzene rings is 1. The number of ether oxygens (including phenoxy) is 1. The van der Waals surface area contributed by atoms with Crippen LogP contribution in [-0.2, 0) is 4.74 Å². The van der Waals surface area contributed by atoms with E-state index in [2.05, 4.69) is 30.3 Å². The van der Waals surface area contributed by atoms with Gasteiger partial charge in [-0.1, -0.05) is 18.2 Å². The summed E-state index contributed by atoms with van der Waals surface area (Å²) in [5, 5.41) is 0.610. The van der Waals surface area contributed by atoms with E-state index in [1.165, 1.54) is 4.90 Å². The zero-order valence-electron chi connectivity index (χ0n) is 13.6. The average Bonchev–Trinajstić information content (AvgIpc) is 2.70. The monoisotopic (exact) mass is 319 g/mol. The minimum absolute atomic E-state index is 0.122. The number of piperidine rings is 1. The molecule has 0 unspecified atom stereocenters. The highest BCUT2D eigenvalue weighted by Gasteiger charge is 2.44. The molecule has 0 aromatic heterocycles. The van der Waals surface area contributed by atoms with Gasteiger partial charge in [0.15, 0.2) is 0 Å². The Balaban J connectivity index is 1.63. The molecule has 1 aromatic carbocycles. The molecule has 120 valence electrons. The number of amides is 1. The van der Waals surface area contributed by atoms with Gasteiger partial charge in [0.2, 0.25) is 0 Å². The van der Waals surface area contributed by atoms with Gasteiger partial charge < -0.3 is 9.64 Å². The van der Waals surface area contributed by atoms with E-state index in [0.717, 1.165) is 25.7 Å². The van der Waals surface area contributed by atoms with E-state index in [-0.39, 0.29) is 6.09 Å². The van der Waals surface area contributed by atoms with Crippen molar-refractivity contribution < 1.29 is 9.53 Å². The van der Waals surface area contributed by atoms with Crippen LogP contribution in [0.4, 0.5) is 4.79 Å². The molecular formula is C18H25NO2S. The Morgan fingerprint density at radius 2 is 1.73 bits per heavy atom. The van der Waals surface area contributed by atoms with Crippen molar-refractivity contribution in [2.45, 2.75) is 74.3 Å². The maximum Gasteiger partial charge on any atom is 0.410 e. The van der Waals surface area contributed by atoms with Crippen LogP contribution in [0.2, 0.25) is 0 Å². The Hall–Kier alpha value is -1.16. The van der Waals surface area contributed by atoms with E-state index in [9.17, 15) is 4.79 Å². The summed E-state index contributed by atoms with van der Waals surface area (Å²) in [5.74, 6) is 0. The molecule has 3 atom stereocenters. The molecule has 4 heteroatoms. The Morgan fingerprint density at radius 1 is 1.14 bits per heavy atom. The van der Waals surface area contributed by atoms with Crippen LogP contribution in [0.5, 0.6) is 0 Å². The minimum atomic E-state index is -0.411. The molecule has 0 saturated carbocycles. The second kappa shape index (κ2) is 6.15. The topological polar surface area (TPSA) is 29.5 Å². The van der Waals surface area contributed by atoms with Gasteiger partial charge in [0.1, 0.15) is 5.60 Å². The predicted molar refractivity (Wildman–Crippen MR) is 90.2 cm³/mol. The average molecular weight is 319 g/mol. The first-order valence-electron chi connectivity index (χ1n) is 8.15. The van der Waals surface area contributed by atoms with Gasteiger partial charge >= 0.3 is 6.09 Å². The van der Waals surface area contributed by atoms with Crippen LogP contribution in [0.1, 0.15) is 46.5 Å². The second-order valence-corrected chi connectivity index (χ2v) is 8.67. The molecule has 0 aliphatic carbocycles. The van der Waals surface area contributed by atoms with Gasteiger partial charge in [0.25, 0.3) is 0 Å². The zero-order valence-corrected chi connectivity index (χ0v) is 14.4. The zero-order chi connectivity index (χ0) is 15.7. The summed E-state index contributed by atoms with van der Waals surface area (Å²) >= 11 is 1.96. The van der Waals surface area contributed by atoms with Crippen LogP contribution in [0.25, 0.3) is 0 Å². The number of thioether (sulfide) groups is 1. The number of fused-ring (bicyclic) bond motifs is 2. The Kier molecular flexibility index (Phi) is 4.40. The van der Waals surface area contributed by atoms with E-state index >= 15 is 0 Å². The van der Waals surface area contributed by atoms with Gasteiger partial charge in [-0.05, 0) is 58.6 Å². The van der Waals surface area contributed by atoms with Crippen LogP contribution in [0.3, 0.4) is 0 Å². The van der Waals surface area contributed by atoms with Gasteiger partial charge in [0, 0.05) is 22.2 Å². The SMILES string of the molecule is CC(C)(C)OC(=O)N1[C@@H]2CC[C@H]1C[C@@H](Sc1ccccc1)C2. The number of rotatable bonds is 2. The Labute approximate surface area is 137 Å². The molecule has 0 spiro atoms. The molecule has 2 aliphatic heterocycles. The van der Waals surface area contributed by atoms with Gasteiger partial charge in [0.05, 0.1) is 0 Å². The normalized spacial score (nSPS) is 27.8. The van der Waals surface area contributed by atoms with Gasteiger partial charge in [-0.3, -0.25) is 0 Å². The Morgan fingerprint density at radius 3 is 2.27 bits per heavy atom. The van der Waals surface area contributed by atoms with Gasteiger partial charge in [-0.15, -0.1) is 11.8 Å². The second-order valence-electron chi connectivity index (χ2n) is 7.30. The van der Waals surface area contributed by atoms with Crippen molar-refractivity contribution in [1.29, 1.82) is 0 Å². The highest BCUT2D eigenvalue weighted by molar-refractivity contribution is 8.00. The molecule has 1 amide bonds. The quantitative estimate of drug-likeness (QED) is 0.790. The van der Waals surface area contributed by atoms with Gasteiger partial charge in [-0.2, -0.15) is 0 Å². The lowest BCUT2D eigenvalue weighted by Crippen LogP contribution is -2.49. The Bertz CT molecular complexity index is 512. The first kappa shape index (κ1) is 15.7. The van der Waals surface area contributed by atoms with Crippen LogP contribution in [-0.4, -0.2) is 33.9 Å². The summed E-state index contributed by atoms with van der Waals surface area (Å²) in [4.78, 5) is 15.8. The standard InChI is InChI=1S/C18H25NO2S/c1-18(2,3)21-17(20)19-13-9-10-14(19)12-16(11-13)22-15-7-5-4-6-8-15/h4-8,13-14,16H,9-12H2,1-3H3/t13-,14+,16+. The number of carbonyl (C=O) groups is 1. The molecule has 2 heterocycles. The molecule has 1 aromatic rings. The fraction of sp³-hybridized carbons (Fsp3) is 0.611. The number of nitrogens with zero attached hydrogens (tertiary/aromatic N) is 1. The molecule has 2 saturated heterocycles. The van der Waals surface area contributed by atoms with Crippen LogP contribution in [0.15, 0.2) is 35.2 Å². The molecule has 22 heavy (non-hydrogen) atoms. The van der Waals surface area contributed by atoms with E-state index in [0.29, 0.717) is 17.3 Å². The largest absolute Gasteiger partial charge is 0.444 e. The molecule has 2 fully saturated rings. The fourth-order valence-corrected chi connectivity index (χ4v) is 4.86. The van der Waals surface area contributed by atoms with Gasteiger partial charge in [-0.25, -0.2) is 4.79 Å². The van der Waals surface area contributed by atoms with Crippen molar-refractivity contribution in [1.82, 2.24) is 4.90 Å². The number of hydrogen-bond acceptors (Lipinski definition) is 3. The smallest absolute Gasteiger partial charge is 0.410 e. The lowest BCUT2D eigenvalue weighted by atomic mass is 10.0. The summed E-state index contributed by atoms with van der Waals surface area (Å²) in [7, 11) is 0. The highest BCUT2D eigenvalue weighted by Crippen LogP contribution is 2.42. The molecule has 3 rings (SSSR count). The van der Waals surface area contributed by atoms with Crippen LogP contribution < -0.4 is 0 Å². The van der Waals surface area contributed by atoms with Crippen molar-refractivity contribution in [3.05, 3.63) is 30.3 Å². The maximum atomic E-state index is 12.4.